The second-order valence-electron chi connectivity index (χ2n) is 9.66. The van der Waals surface area contributed by atoms with Crippen LogP contribution in [0.4, 0.5) is 0 Å². The Hall–Kier alpha value is -3.81. The molecule has 0 radical (unpaired) electrons. The molecule has 5 aromatic heterocycles. The third-order valence-corrected chi connectivity index (χ3v) is 7.75. The Morgan fingerprint density at radius 1 is 1.14 bits per heavy atom. The number of nitrogens with zero attached hydrogens (tertiary/aromatic N) is 4. The highest BCUT2D eigenvalue weighted by Gasteiger charge is 2.17. The second kappa shape index (κ2) is 10.3. The number of hydrogen-bond donors (Lipinski definition) is 2. The molecular formula is C30H30N6S. The molecule has 0 spiro atoms. The van der Waals surface area contributed by atoms with Gasteiger partial charge in [0.05, 0.1) is 23.1 Å². The van der Waals surface area contributed by atoms with Crippen LogP contribution in [0.15, 0.2) is 72.3 Å². The standard InChI is InChI=1S/C30H30N6S/c1-3-7-24(22-8-11-37-19-22)25-13-28(33-20(25)2)30-26-14-27(32-17-29(26)34-35-30)23-12-21(15-31-16-23)18-36-9-5-4-6-10-36/h3,7-8,11-17,19,33H,1,4-6,9-10,18H2,2H3,(H,34,35)/b24-7-. The molecule has 2 N–H and O–H groups in total. The van der Waals surface area contributed by atoms with E-state index in [0.717, 1.165) is 56.9 Å². The van der Waals surface area contributed by atoms with Gasteiger partial charge in [-0.3, -0.25) is 20.0 Å². The van der Waals surface area contributed by atoms with Crippen molar-refractivity contribution in [3.8, 4) is 22.6 Å². The molecule has 1 aliphatic heterocycles. The van der Waals surface area contributed by atoms with Crippen LogP contribution in [0.3, 0.4) is 0 Å². The third kappa shape index (κ3) is 4.80. The number of pyridine rings is 2. The maximum absolute atomic E-state index is 4.73. The first-order valence-corrected chi connectivity index (χ1v) is 13.7. The van der Waals surface area contributed by atoms with Crippen LogP contribution < -0.4 is 0 Å². The number of allylic oxidation sites excluding steroid dienone is 2. The van der Waals surface area contributed by atoms with Crippen LogP contribution in [0.2, 0.25) is 0 Å². The molecule has 37 heavy (non-hydrogen) atoms. The largest absolute Gasteiger partial charge is 0.357 e. The second-order valence-corrected chi connectivity index (χ2v) is 10.4. The van der Waals surface area contributed by atoms with Crippen molar-refractivity contribution >= 4 is 27.8 Å². The van der Waals surface area contributed by atoms with E-state index >= 15 is 0 Å². The zero-order valence-corrected chi connectivity index (χ0v) is 21.8. The van der Waals surface area contributed by atoms with Crippen LogP contribution in [0, 0.1) is 6.92 Å². The van der Waals surface area contributed by atoms with Crippen LogP contribution in [0.25, 0.3) is 39.1 Å². The summed E-state index contributed by atoms with van der Waals surface area (Å²) in [5.74, 6) is 0. The van der Waals surface area contributed by atoms with Gasteiger partial charge in [0.25, 0.3) is 0 Å². The Kier molecular flexibility index (Phi) is 6.55. The van der Waals surface area contributed by atoms with Crippen molar-refractivity contribution in [3.05, 3.63) is 94.7 Å². The quantitative estimate of drug-likeness (QED) is 0.233. The fraction of sp³-hybridized carbons (Fsp3) is 0.233. The summed E-state index contributed by atoms with van der Waals surface area (Å²) in [6.07, 6.45) is 13.6. The van der Waals surface area contributed by atoms with Crippen LogP contribution in [-0.4, -0.2) is 43.1 Å². The maximum atomic E-state index is 4.73. The zero-order chi connectivity index (χ0) is 25.2. The first-order chi connectivity index (χ1) is 18.2. The maximum Gasteiger partial charge on any atom is 0.116 e. The number of thiophene rings is 1. The Labute approximate surface area is 220 Å². The molecule has 0 aliphatic carbocycles. The van der Waals surface area contributed by atoms with Crippen molar-refractivity contribution in [3.63, 3.8) is 0 Å². The molecule has 1 saturated heterocycles. The van der Waals surface area contributed by atoms with Gasteiger partial charge in [0.15, 0.2) is 0 Å². The van der Waals surface area contributed by atoms with Crippen LogP contribution >= 0.6 is 11.3 Å². The van der Waals surface area contributed by atoms with Gasteiger partial charge in [-0.2, -0.15) is 16.4 Å². The SMILES string of the molecule is C=C/C=C(/c1ccsc1)c1cc(-c2n[nH]c3cnc(-c4cncc(CN5CCCCC5)c4)cc23)[nH]c1C. The van der Waals surface area contributed by atoms with E-state index in [0.29, 0.717) is 0 Å². The molecule has 0 bridgehead atoms. The molecule has 1 aliphatic rings. The molecule has 5 aromatic rings. The minimum Gasteiger partial charge on any atom is -0.357 e. The van der Waals surface area contributed by atoms with Crippen molar-refractivity contribution in [2.24, 2.45) is 0 Å². The van der Waals surface area contributed by atoms with Crippen molar-refractivity contribution < 1.29 is 0 Å². The molecule has 0 saturated carbocycles. The number of H-pyrrole nitrogens is 2. The lowest BCUT2D eigenvalue weighted by atomic mass is 10.00. The Balaban J connectivity index is 1.34. The number of nitrogens with one attached hydrogen (secondary N) is 2. The third-order valence-electron chi connectivity index (χ3n) is 7.07. The van der Waals surface area contributed by atoms with E-state index in [1.165, 1.54) is 43.5 Å². The van der Waals surface area contributed by atoms with Gasteiger partial charge in [0.2, 0.25) is 0 Å². The lowest BCUT2D eigenvalue weighted by Gasteiger charge is -2.26. The first kappa shape index (κ1) is 23.6. The van der Waals surface area contributed by atoms with Crippen LogP contribution in [0.1, 0.15) is 41.6 Å². The monoisotopic (exact) mass is 506 g/mol. The van der Waals surface area contributed by atoms with Gasteiger partial charge in [-0.05, 0) is 84.6 Å². The summed E-state index contributed by atoms with van der Waals surface area (Å²) in [5.41, 5.74) is 10.5. The van der Waals surface area contributed by atoms with Crippen molar-refractivity contribution in [1.29, 1.82) is 0 Å². The average Bonchev–Trinajstić information content (AvgIpc) is 3.68. The normalized spacial score (nSPS) is 14.9. The number of aromatic amines is 2. The van der Waals surface area contributed by atoms with Gasteiger partial charge in [-0.1, -0.05) is 25.2 Å². The summed E-state index contributed by atoms with van der Waals surface area (Å²) in [7, 11) is 0. The number of piperidine rings is 1. The van der Waals surface area contributed by atoms with Crippen LogP contribution in [-0.2, 0) is 6.54 Å². The van der Waals surface area contributed by atoms with Crippen molar-refractivity contribution in [2.45, 2.75) is 32.7 Å². The number of aryl methyl sites for hydroxylation is 1. The lowest BCUT2D eigenvalue weighted by Crippen LogP contribution is -2.29. The molecule has 0 atom stereocenters. The Morgan fingerprint density at radius 3 is 2.84 bits per heavy atom. The van der Waals surface area contributed by atoms with Gasteiger partial charge in [-0.25, -0.2) is 0 Å². The van der Waals surface area contributed by atoms with E-state index in [9.17, 15) is 0 Å². The molecule has 6 nitrogen and oxygen atoms in total. The van der Waals surface area contributed by atoms with E-state index in [-0.39, 0.29) is 0 Å². The minimum atomic E-state index is 0.883. The van der Waals surface area contributed by atoms with Gasteiger partial charge in [0, 0.05) is 41.1 Å². The van der Waals surface area contributed by atoms with E-state index in [1.807, 2.05) is 24.7 Å². The molecule has 1 fully saturated rings. The summed E-state index contributed by atoms with van der Waals surface area (Å²) in [6.45, 7) is 9.30. The van der Waals surface area contributed by atoms with Gasteiger partial charge >= 0.3 is 0 Å². The fourth-order valence-electron chi connectivity index (χ4n) is 5.21. The average molecular weight is 507 g/mol. The number of rotatable bonds is 7. The highest BCUT2D eigenvalue weighted by atomic mass is 32.1. The Morgan fingerprint density at radius 2 is 2.03 bits per heavy atom. The minimum absolute atomic E-state index is 0.883. The fourth-order valence-corrected chi connectivity index (χ4v) is 5.87. The van der Waals surface area contributed by atoms with Gasteiger partial charge in [0.1, 0.15) is 5.69 Å². The highest BCUT2D eigenvalue weighted by Crippen LogP contribution is 2.34. The van der Waals surface area contributed by atoms with E-state index in [1.54, 1.807) is 11.3 Å². The molecule has 0 unspecified atom stereocenters. The van der Waals surface area contributed by atoms with Crippen LogP contribution in [0.5, 0.6) is 0 Å². The molecule has 0 aromatic carbocycles. The molecule has 0 amide bonds. The Bertz CT molecular complexity index is 1570. The highest BCUT2D eigenvalue weighted by molar-refractivity contribution is 7.08. The smallest absolute Gasteiger partial charge is 0.116 e. The number of likely N-dealkylation sites (tertiary alicyclic amines) is 1. The number of aromatic nitrogens is 5. The van der Waals surface area contributed by atoms with Crippen molar-refractivity contribution in [2.75, 3.05) is 13.1 Å². The van der Waals surface area contributed by atoms with E-state index < -0.39 is 0 Å². The number of fused-ring (bicyclic) bond motifs is 1. The predicted octanol–water partition coefficient (Wildman–Crippen LogP) is 6.99. The summed E-state index contributed by atoms with van der Waals surface area (Å²) >= 11 is 1.69. The topological polar surface area (TPSA) is 73.5 Å². The van der Waals surface area contributed by atoms with E-state index in [4.69, 9.17) is 4.98 Å². The predicted molar refractivity (Wildman–Crippen MR) is 152 cm³/mol. The molecule has 7 heteroatoms. The summed E-state index contributed by atoms with van der Waals surface area (Å²) < 4.78 is 0. The summed E-state index contributed by atoms with van der Waals surface area (Å²) in [6, 6.07) is 8.66. The van der Waals surface area contributed by atoms with Crippen molar-refractivity contribution in [1.82, 2.24) is 30.0 Å². The molecule has 6 rings (SSSR count). The molecule has 6 heterocycles. The first-order valence-electron chi connectivity index (χ1n) is 12.8. The van der Waals surface area contributed by atoms with Gasteiger partial charge in [-0.15, -0.1) is 0 Å². The summed E-state index contributed by atoms with van der Waals surface area (Å²) in [4.78, 5) is 15.3. The van der Waals surface area contributed by atoms with E-state index in [2.05, 4.69) is 79.7 Å². The summed E-state index contributed by atoms with van der Waals surface area (Å²) in [5, 5.41) is 13.1. The number of hydrogen-bond acceptors (Lipinski definition) is 5. The van der Waals surface area contributed by atoms with Gasteiger partial charge < -0.3 is 4.98 Å². The molecular weight excluding hydrogens is 476 g/mol. The lowest BCUT2D eigenvalue weighted by molar-refractivity contribution is 0.220. The zero-order valence-electron chi connectivity index (χ0n) is 21.0. The molecule has 186 valence electrons.